The number of methoxy groups -OCH3 is 1. The Balaban J connectivity index is 1.57. The van der Waals surface area contributed by atoms with E-state index in [0.29, 0.717) is 38.0 Å². The van der Waals surface area contributed by atoms with Gasteiger partial charge in [0.25, 0.3) is 0 Å². The Morgan fingerprint density at radius 3 is 2.96 bits per heavy atom. The third kappa shape index (κ3) is 3.85. The molecular weight excluding hydrogens is 298 g/mol. The van der Waals surface area contributed by atoms with Gasteiger partial charge in [-0.2, -0.15) is 5.10 Å². The minimum Gasteiger partial charge on any atom is -0.497 e. The monoisotopic (exact) mass is 317 g/mol. The molecule has 0 radical (unpaired) electrons. The molecule has 0 aliphatic carbocycles. The molecule has 1 fully saturated rings. The predicted octanol–water partition coefficient (Wildman–Crippen LogP) is 0.0849. The highest BCUT2D eigenvalue weighted by Crippen LogP contribution is 2.18. The average Bonchev–Trinajstić information content (AvgIpc) is 3.09. The fourth-order valence-corrected chi connectivity index (χ4v) is 2.27. The molecule has 1 unspecified atom stereocenters. The first kappa shape index (κ1) is 15.4. The van der Waals surface area contributed by atoms with Crippen LogP contribution in [0, 0.1) is 0 Å². The summed E-state index contributed by atoms with van der Waals surface area (Å²) in [5.74, 6) is 1.85. The number of rotatable bonds is 5. The van der Waals surface area contributed by atoms with Crippen molar-refractivity contribution >= 4 is 5.91 Å². The van der Waals surface area contributed by atoms with E-state index in [4.69, 9.17) is 9.47 Å². The molecule has 3 N–H and O–H groups in total. The van der Waals surface area contributed by atoms with E-state index < -0.39 is 0 Å². The quantitative estimate of drug-likeness (QED) is 0.722. The number of H-pyrrole nitrogens is 1. The molecule has 2 aromatic rings. The lowest BCUT2D eigenvalue weighted by molar-refractivity contribution is -0.126. The summed E-state index contributed by atoms with van der Waals surface area (Å²) < 4.78 is 10.4. The number of hydrogen-bond acceptors (Lipinski definition) is 6. The molecule has 1 amide bonds. The lowest BCUT2D eigenvalue weighted by atomic mass is 10.2. The highest BCUT2D eigenvalue weighted by Gasteiger charge is 2.21. The van der Waals surface area contributed by atoms with Gasteiger partial charge in [0.05, 0.1) is 26.9 Å². The molecule has 1 saturated heterocycles. The Morgan fingerprint density at radius 1 is 1.43 bits per heavy atom. The van der Waals surface area contributed by atoms with Crippen molar-refractivity contribution in [3.63, 3.8) is 0 Å². The van der Waals surface area contributed by atoms with E-state index in [1.807, 2.05) is 24.3 Å². The summed E-state index contributed by atoms with van der Waals surface area (Å²) in [6.07, 6.45) is 0. The zero-order valence-electron chi connectivity index (χ0n) is 12.8. The average molecular weight is 317 g/mol. The Kier molecular flexibility index (Phi) is 4.84. The standard InChI is InChI=1S/C15H19N5O3/c1-22-11-4-2-10(3-5-11)14-18-13(19-20-14)8-17-15(21)12-9-23-7-6-16-12/h2-5,12,16H,6-9H2,1H3,(H,17,21)(H,18,19,20). The second-order valence-corrected chi connectivity index (χ2v) is 5.13. The van der Waals surface area contributed by atoms with Crippen molar-refractivity contribution < 1.29 is 14.3 Å². The predicted molar refractivity (Wildman–Crippen MR) is 82.8 cm³/mol. The van der Waals surface area contributed by atoms with Gasteiger partial charge >= 0.3 is 0 Å². The van der Waals surface area contributed by atoms with E-state index >= 15 is 0 Å². The smallest absolute Gasteiger partial charge is 0.239 e. The molecule has 8 nitrogen and oxygen atoms in total. The summed E-state index contributed by atoms with van der Waals surface area (Å²) in [5.41, 5.74) is 0.877. The van der Waals surface area contributed by atoms with Gasteiger partial charge in [-0.25, -0.2) is 4.98 Å². The van der Waals surface area contributed by atoms with Crippen molar-refractivity contribution in [3.8, 4) is 17.1 Å². The number of nitrogens with one attached hydrogen (secondary N) is 3. The molecule has 1 aliphatic rings. The van der Waals surface area contributed by atoms with Gasteiger partial charge in [0.2, 0.25) is 5.91 Å². The molecule has 2 heterocycles. The van der Waals surface area contributed by atoms with Gasteiger partial charge < -0.3 is 20.1 Å². The lowest BCUT2D eigenvalue weighted by Crippen LogP contribution is -2.51. The number of hydrogen-bond donors (Lipinski definition) is 3. The van der Waals surface area contributed by atoms with E-state index in [9.17, 15) is 4.79 Å². The number of aromatic amines is 1. The molecule has 0 spiro atoms. The van der Waals surface area contributed by atoms with E-state index in [0.717, 1.165) is 11.3 Å². The number of carbonyl (C=O) groups excluding carboxylic acids is 1. The molecule has 1 atom stereocenters. The first-order valence-corrected chi connectivity index (χ1v) is 7.41. The second-order valence-electron chi connectivity index (χ2n) is 5.13. The number of benzene rings is 1. The van der Waals surface area contributed by atoms with Gasteiger partial charge in [0.1, 0.15) is 17.6 Å². The molecule has 1 aromatic carbocycles. The number of amides is 1. The summed E-state index contributed by atoms with van der Waals surface area (Å²) in [5, 5.41) is 12.9. The van der Waals surface area contributed by atoms with Crippen LogP contribution in [0.2, 0.25) is 0 Å². The van der Waals surface area contributed by atoms with Crippen molar-refractivity contribution in [2.45, 2.75) is 12.6 Å². The third-order valence-corrected chi connectivity index (χ3v) is 3.55. The summed E-state index contributed by atoms with van der Waals surface area (Å²) in [7, 11) is 1.62. The maximum Gasteiger partial charge on any atom is 0.239 e. The molecule has 23 heavy (non-hydrogen) atoms. The van der Waals surface area contributed by atoms with Crippen molar-refractivity contribution in [3.05, 3.63) is 30.1 Å². The van der Waals surface area contributed by atoms with Gasteiger partial charge in [0, 0.05) is 12.1 Å². The molecule has 3 rings (SSSR count). The third-order valence-electron chi connectivity index (χ3n) is 3.55. The normalized spacial score (nSPS) is 17.7. The van der Waals surface area contributed by atoms with Crippen LogP contribution < -0.4 is 15.4 Å². The van der Waals surface area contributed by atoms with Crippen molar-refractivity contribution in [2.75, 3.05) is 26.9 Å². The summed E-state index contributed by atoms with van der Waals surface area (Å²) in [6, 6.07) is 7.15. The van der Waals surface area contributed by atoms with E-state index in [1.54, 1.807) is 7.11 Å². The number of carbonyl (C=O) groups is 1. The largest absolute Gasteiger partial charge is 0.497 e. The Labute approximate surface area is 133 Å². The van der Waals surface area contributed by atoms with Gasteiger partial charge in [0.15, 0.2) is 5.82 Å². The number of aromatic nitrogens is 3. The molecular formula is C15H19N5O3. The van der Waals surface area contributed by atoms with Gasteiger partial charge in [-0.15, -0.1) is 0 Å². The fourth-order valence-electron chi connectivity index (χ4n) is 2.27. The van der Waals surface area contributed by atoms with Crippen LogP contribution in [0.15, 0.2) is 24.3 Å². The second kappa shape index (κ2) is 7.21. The van der Waals surface area contributed by atoms with Crippen LogP contribution in [0.25, 0.3) is 11.4 Å². The fraction of sp³-hybridized carbons (Fsp3) is 0.400. The van der Waals surface area contributed by atoms with Crippen LogP contribution >= 0.6 is 0 Å². The molecule has 1 aliphatic heterocycles. The minimum atomic E-state index is -0.312. The highest BCUT2D eigenvalue weighted by molar-refractivity contribution is 5.81. The molecule has 0 saturated carbocycles. The van der Waals surface area contributed by atoms with Crippen LogP contribution in [0.5, 0.6) is 5.75 Å². The van der Waals surface area contributed by atoms with E-state index in [2.05, 4.69) is 25.8 Å². The van der Waals surface area contributed by atoms with E-state index in [1.165, 1.54) is 0 Å². The van der Waals surface area contributed by atoms with Crippen LogP contribution in [-0.2, 0) is 16.1 Å². The van der Waals surface area contributed by atoms with Gasteiger partial charge in [-0.05, 0) is 24.3 Å². The van der Waals surface area contributed by atoms with Crippen LogP contribution in [0.4, 0.5) is 0 Å². The zero-order chi connectivity index (χ0) is 16.1. The molecule has 122 valence electrons. The minimum absolute atomic E-state index is 0.105. The maximum absolute atomic E-state index is 12.0. The summed E-state index contributed by atoms with van der Waals surface area (Å²) in [4.78, 5) is 16.4. The van der Waals surface area contributed by atoms with E-state index in [-0.39, 0.29) is 11.9 Å². The SMILES string of the molecule is COc1ccc(-c2n[nH]c(CNC(=O)C3COCCN3)n2)cc1. The Hall–Kier alpha value is -2.45. The number of morpholine rings is 1. The van der Waals surface area contributed by atoms with Gasteiger partial charge in [-0.3, -0.25) is 9.89 Å². The molecule has 1 aromatic heterocycles. The van der Waals surface area contributed by atoms with Crippen LogP contribution in [0.3, 0.4) is 0 Å². The van der Waals surface area contributed by atoms with Crippen molar-refractivity contribution in [1.29, 1.82) is 0 Å². The maximum atomic E-state index is 12.0. The van der Waals surface area contributed by atoms with Crippen molar-refractivity contribution in [1.82, 2.24) is 25.8 Å². The van der Waals surface area contributed by atoms with Crippen LogP contribution in [0.1, 0.15) is 5.82 Å². The first-order chi connectivity index (χ1) is 11.3. The molecule has 0 bridgehead atoms. The summed E-state index contributed by atoms with van der Waals surface area (Å²) in [6.45, 7) is 2.00. The topological polar surface area (TPSA) is 101 Å². The highest BCUT2D eigenvalue weighted by atomic mass is 16.5. The lowest BCUT2D eigenvalue weighted by Gasteiger charge is -2.22. The summed E-state index contributed by atoms with van der Waals surface area (Å²) >= 11 is 0. The zero-order valence-corrected chi connectivity index (χ0v) is 12.8. The van der Waals surface area contributed by atoms with Crippen molar-refractivity contribution in [2.24, 2.45) is 0 Å². The Morgan fingerprint density at radius 2 is 2.26 bits per heavy atom. The first-order valence-electron chi connectivity index (χ1n) is 7.41. The van der Waals surface area contributed by atoms with Crippen LogP contribution in [-0.4, -0.2) is 54.0 Å². The van der Waals surface area contributed by atoms with Gasteiger partial charge in [-0.1, -0.05) is 0 Å². The Bertz CT molecular complexity index is 649. The number of ether oxygens (including phenoxy) is 2. The number of nitrogens with zero attached hydrogens (tertiary/aromatic N) is 2. The molecule has 8 heteroatoms.